The molecule has 1 saturated carbocycles. The van der Waals surface area contributed by atoms with Crippen molar-refractivity contribution in [3.63, 3.8) is 0 Å². The van der Waals surface area contributed by atoms with Crippen LogP contribution in [-0.4, -0.2) is 22.1 Å². The zero-order chi connectivity index (χ0) is 13.1. The molecule has 2 unspecified atom stereocenters. The van der Waals surface area contributed by atoms with Gasteiger partial charge in [0.2, 0.25) is 0 Å². The minimum Gasteiger partial charge on any atom is -0.469 e. The molecule has 0 aliphatic heterocycles. The zero-order valence-electron chi connectivity index (χ0n) is 10.3. The number of ether oxygens (including phenoxy) is 1. The van der Waals surface area contributed by atoms with E-state index in [-0.39, 0.29) is 23.7 Å². The summed E-state index contributed by atoms with van der Waals surface area (Å²) in [4.78, 5) is 14.5. The minimum absolute atomic E-state index is 0.0670. The number of rotatable bonds is 3. The van der Waals surface area contributed by atoms with Crippen LogP contribution in [0.4, 0.5) is 5.69 Å². The Kier molecular flexibility index (Phi) is 3.76. The lowest BCUT2D eigenvalue weighted by molar-refractivity contribution is -0.386. The number of aromatic nitrogens is 1. The van der Waals surface area contributed by atoms with Crippen LogP contribution in [0.5, 0.6) is 5.88 Å². The second-order valence-corrected chi connectivity index (χ2v) is 4.76. The molecule has 98 valence electrons. The predicted octanol–water partition coefficient (Wildman–Crippen LogP) is 1.95. The van der Waals surface area contributed by atoms with Gasteiger partial charge in [0.05, 0.1) is 4.92 Å². The average molecular weight is 251 g/mol. The molecule has 0 radical (unpaired) electrons. The molecule has 6 heteroatoms. The van der Waals surface area contributed by atoms with Gasteiger partial charge < -0.3 is 10.5 Å². The number of nitrogens with two attached hydrogens (primary N) is 1. The smallest absolute Gasteiger partial charge is 0.331 e. The summed E-state index contributed by atoms with van der Waals surface area (Å²) in [6, 6.07) is 1.60. The summed E-state index contributed by atoms with van der Waals surface area (Å²) in [6.07, 6.45) is 5.09. The number of nitrogens with zero attached hydrogens (tertiary/aromatic N) is 2. The second-order valence-electron chi connectivity index (χ2n) is 4.76. The number of pyridine rings is 1. The van der Waals surface area contributed by atoms with Gasteiger partial charge in [0.15, 0.2) is 0 Å². The Labute approximate surface area is 105 Å². The third-order valence-electron chi connectivity index (χ3n) is 3.11. The van der Waals surface area contributed by atoms with Gasteiger partial charge in [-0.1, -0.05) is 0 Å². The molecule has 0 aromatic carbocycles. The maximum Gasteiger partial charge on any atom is 0.331 e. The highest BCUT2D eigenvalue weighted by Crippen LogP contribution is 2.29. The van der Waals surface area contributed by atoms with Gasteiger partial charge in [-0.2, -0.15) is 0 Å². The van der Waals surface area contributed by atoms with E-state index < -0.39 is 4.92 Å². The van der Waals surface area contributed by atoms with E-state index in [4.69, 9.17) is 10.5 Å². The summed E-state index contributed by atoms with van der Waals surface area (Å²) >= 11 is 0. The van der Waals surface area contributed by atoms with Gasteiger partial charge in [0.1, 0.15) is 6.10 Å². The molecule has 18 heavy (non-hydrogen) atoms. The molecule has 6 nitrogen and oxygen atoms in total. The molecular weight excluding hydrogens is 234 g/mol. The van der Waals surface area contributed by atoms with Gasteiger partial charge in [-0.05, 0) is 38.2 Å². The lowest BCUT2D eigenvalue weighted by Gasteiger charge is -2.26. The van der Waals surface area contributed by atoms with Crippen LogP contribution in [0.3, 0.4) is 0 Å². The molecule has 1 aliphatic rings. The molecule has 0 amide bonds. The molecule has 2 atom stereocenters. The normalized spacial score (nSPS) is 23.7. The summed E-state index contributed by atoms with van der Waals surface area (Å²) in [7, 11) is 0. The molecular formula is C12H17N3O3. The van der Waals surface area contributed by atoms with Crippen molar-refractivity contribution in [3.05, 3.63) is 27.9 Å². The Morgan fingerprint density at radius 3 is 3.00 bits per heavy atom. The largest absolute Gasteiger partial charge is 0.469 e. The standard InChI is InChI=1S/C12H17N3O3/c1-8-5-11(15(16)17)12(14-7-8)18-10-4-2-3-9(13)6-10/h5,7,9-10H,2-4,6,13H2,1H3. The van der Waals surface area contributed by atoms with Gasteiger partial charge in [0, 0.05) is 18.3 Å². The summed E-state index contributed by atoms with van der Waals surface area (Å²) in [5.74, 6) is 0.102. The minimum atomic E-state index is -0.460. The van der Waals surface area contributed by atoms with E-state index in [2.05, 4.69) is 4.98 Å². The molecule has 0 saturated heterocycles. The predicted molar refractivity (Wildman–Crippen MR) is 66.5 cm³/mol. The lowest BCUT2D eigenvalue weighted by Crippen LogP contribution is -2.34. The fraction of sp³-hybridized carbons (Fsp3) is 0.583. The summed E-state index contributed by atoms with van der Waals surface area (Å²) in [6.45, 7) is 1.76. The Morgan fingerprint density at radius 2 is 2.33 bits per heavy atom. The first-order valence-electron chi connectivity index (χ1n) is 6.09. The number of nitro groups is 1. The van der Waals surface area contributed by atoms with Crippen LogP contribution in [0.1, 0.15) is 31.2 Å². The van der Waals surface area contributed by atoms with Crippen molar-refractivity contribution in [1.82, 2.24) is 4.98 Å². The van der Waals surface area contributed by atoms with Crippen LogP contribution in [0.15, 0.2) is 12.3 Å². The molecule has 2 N–H and O–H groups in total. The van der Waals surface area contributed by atoms with Crippen molar-refractivity contribution in [2.45, 2.75) is 44.8 Å². The first-order valence-corrected chi connectivity index (χ1v) is 6.09. The van der Waals surface area contributed by atoms with Gasteiger partial charge >= 0.3 is 5.69 Å². The van der Waals surface area contributed by atoms with E-state index in [0.29, 0.717) is 0 Å². The van der Waals surface area contributed by atoms with Crippen LogP contribution >= 0.6 is 0 Å². The van der Waals surface area contributed by atoms with Crippen molar-refractivity contribution in [3.8, 4) is 5.88 Å². The quantitative estimate of drug-likeness (QED) is 0.654. The first kappa shape index (κ1) is 12.8. The third kappa shape index (κ3) is 2.95. The molecule has 1 fully saturated rings. The van der Waals surface area contributed by atoms with Gasteiger partial charge in [0.25, 0.3) is 5.88 Å². The summed E-state index contributed by atoms with van der Waals surface area (Å²) in [5, 5.41) is 10.9. The second kappa shape index (κ2) is 5.30. The van der Waals surface area contributed by atoms with Crippen LogP contribution in [0, 0.1) is 17.0 Å². The SMILES string of the molecule is Cc1cnc(OC2CCCC(N)C2)c([N+](=O)[O-])c1. The fourth-order valence-corrected chi connectivity index (χ4v) is 2.21. The van der Waals surface area contributed by atoms with Crippen LogP contribution < -0.4 is 10.5 Å². The van der Waals surface area contributed by atoms with E-state index >= 15 is 0 Å². The molecule has 1 aliphatic carbocycles. The lowest BCUT2D eigenvalue weighted by atomic mass is 9.93. The molecule has 1 aromatic rings. The highest BCUT2D eigenvalue weighted by molar-refractivity contribution is 5.42. The zero-order valence-corrected chi connectivity index (χ0v) is 10.3. The van der Waals surface area contributed by atoms with E-state index in [1.165, 1.54) is 6.07 Å². The molecule has 1 aromatic heterocycles. The number of aryl methyl sites for hydroxylation is 1. The van der Waals surface area contributed by atoms with Crippen LogP contribution in [0.2, 0.25) is 0 Å². The highest BCUT2D eigenvalue weighted by Gasteiger charge is 2.25. The van der Waals surface area contributed by atoms with E-state index in [0.717, 1.165) is 31.2 Å². The van der Waals surface area contributed by atoms with Gasteiger partial charge in [-0.25, -0.2) is 4.98 Å². The van der Waals surface area contributed by atoms with Crippen molar-refractivity contribution in [2.24, 2.45) is 5.73 Å². The molecule has 0 bridgehead atoms. The van der Waals surface area contributed by atoms with Gasteiger partial charge in [-0.3, -0.25) is 10.1 Å². The molecule has 2 rings (SSSR count). The Balaban J connectivity index is 2.15. The number of hydrogen-bond donors (Lipinski definition) is 1. The first-order chi connectivity index (χ1) is 8.56. The maximum absolute atomic E-state index is 10.9. The Hall–Kier alpha value is -1.69. The van der Waals surface area contributed by atoms with E-state index in [1.807, 2.05) is 0 Å². The average Bonchev–Trinajstić information content (AvgIpc) is 2.31. The molecule has 1 heterocycles. The topological polar surface area (TPSA) is 91.3 Å². The summed E-state index contributed by atoms with van der Waals surface area (Å²) in [5.41, 5.74) is 6.54. The Bertz CT molecular complexity index is 450. The van der Waals surface area contributed by atoms with E-state index in [1.54, 1.807) is 13.1 Å². The van der Waals surface area contributed by atoms with Crippen molar-refractivity contribution < 1.29 is 9.66 Å². The fourth-order valence-electron chi connectivity index (χ4n) is 2.21. The van der Waals surface area contributed by atoms with Crippen molar-refractivity contribution in [2.75, 3.05) is 0 Å². The van der Waals surface area contributed by atoms with E-state index in [9.17, 15) is 10.1 Å². The van der Waals surface area contributed by atoms with Crippen LogP contribution in [-0.2, 0) is 0 Å². The Morgan fingerprint density at radius 1 is 1.56 bits per heavy atom. The van der Waals surface area contributed by atoms with Crippen molar-refractivity contribution >= 4 is 5.69 Å². The van der Waals surface area contributed by atoms with Gasteiger partial charge in [-0.15, -0.1) is 0 Å². The van der Waals surface area contributed by atoms with Crippen molar-refractivity contribution in [1.29, 1.82) is 0 Å². The maximum atomic E-state index is 10.9. The third-order valence-corrected chi connectivity index (χ3v) is 3.11. The highest BCUT2D eigenvalue weighted by atomic mass is 16.6. The summed E-state index contributed by atoms with van der Waals surface area (Å²) < 4.78 is 5.64. The van der Waals surface area contributed by atoms with Crippen LogP contribution in [0.25, 0.3) is 0 Å². The monoisotopic (exact) mass is 251 g/mol. The number of hydrogen-bond acceptors (Lipinski definition) is 5. The molecule has 0 spiro atoms.